The monoisotopic (exact) mass is 362 g/mol. The number of halogens is 2. The first-order valence-corrected chi connectivity index (χ1v) is 8.53. The van der Waals surface area contributed by atoms with Crippen LogP contribution in [0.1, 0.15) is 44.2 Å². The molecule has 0 amide bonds. The fourth-order valence-corrected chi connectivity index (χ4v) is 2.96. The van der Waals surface area contributed by atoms with Gasteiger partial charge in [-0.25, -0.2) is 8.78 Å². The molecule has 5 heteroatoms. The smallest absolute Gasteiger partial charge is 0.306 e. The van der Waals surface area contributed by atoms with Crippen molar-refractivity contribution in [3.05, 3.63) is 71.3 Å². The average Bonchev–Trinajstić information content (AvgIpc) is 2.55. The van der Waals surface area contributed by atoms with Crippen LogP contribution in [0.15, 0.2) is 48.5 Å². The maximum atomic E-state index is 13.3. The molecular weight excluding hydrogens is 338 g/mol. The Morgan fingerprint density at radius 2 is 1.38 bits per heavy atom. The number of carbonyl (C=O) groups is 1. The summed E-state index contributed by atoms with van der Waals surface area (Å²) in [5.74, 6) is -2.06. The lowest BCUT2D eigenvalue weighted by molar-refractivity contribution is -0.156. The van der Waals surface area contributed by atoms with Gasteiger partial charge in [0.2, 0.25) is 0 Å². The summed E-state index contributed by atoms with van der Waals surface area (Å²) in [5, 5.41) is 9.92. The lowest BCUT2D eigenvalue weighted by atomic mass is 9.79. The zero-order chi connectivity index (χ0) is 19.3. The SMILES string of the molecule is CC(C)(C)OC(=O)C[C@H](CO)C(c1ccc(F)cc1)c1ccc(F)cc1. The number of hydrogen-bond acceptors (Lipinski definition) is 3. The summed E-state index contributed by atoms with van der Waals surface area (Å²) in [4.78, 5) is 12.2. The highest BCUT2D eigenvalue weighted by Crippen LogP contribution is 2.34. The Morgan fingerprint density at radius 3 is 1.73 bits per heavy atom. The fourth-order valence-electron chi connectivity index (χ4n) is 2.96. The Bertz CT molecular complexity index is 673. The summed E-state index contributed by atoms with van der Waals surface area (Å²) >= 11 is 0. The topological polar surface area (TPSA) is 46.5 Å². The molecule has 3 nitrogen and oxygen atoms in total. The molecule has 0 bridgehead atoms. The van der Waals surface area contributed by atoms with Crippen molar-refractivity contribution >= 4 is 5.97 Å². The molecule has 1 atom stereocenters. The van der Waals surface area contributed by atoms with Gasteiger partial charge in [-0.1, -0.05) is 24.3 Å². The summed E-state index contributed by atoms with van der Waals surface area (Å²) in [6, 6.07) is 11.8. The molecule has 0 aliphatic rings. The minimum absolute atomic E-state index is 0.00676. The minimum Gasteiger partial charge on any atom is -0.460 e. The van der Waals surface area contributed by atoms with Crippen LogP contribution in [0.5, 0.6) is 0 Å². The molecule has 1 N–H and O–H groups in total. The Labute approximate surface area is 152 Å². The van der Waals surface area contributed by atoms with Gasteiger partial charge in [-0.2, -0.15) is 0 Å². The van der Waals surface area contributed by atoms with Crippen molar-refractivity contribution in [1.82, 2.24) is 0 Å². The summed E-state index contributed by atoms with van der Waals surface area (Å²) in [7, 11) is 0. The van der Waals surface area contributed by atoms with Crippen LogP contribution in [0.25, 0.3) is 0 Å². The van der Waals surface area contributed by atoms with Crippen molar-refractivity contribution in [3.63, 3.8) is 0 Å². The Morgan fingerprint density at radius 1 is 0.962 bits per heavy atom. The van der Waals surface area contributed by atoms with Crippen LogP contribution >= 0.6 is 0 Å². The second kappa shape index (κ2) is 8.41. The number of carbonyl (C=O) groups excluding carboxylic acids is 1. The molecule has 2 aromatic carbocycles. The first-order valence-electron chi connectivity index (χ1n) is 8.53. The van der Waals surface area contributed by atoms with Gasteiger partial charge in [-0.3, -0.25) is 4.79 Å². The number of aliphatic hydroxyl groups is 1. The van der Waals surface area contributed by atoms with Crippen molar-refractivity contribution < 1.29 is 23.4 Å². The van der Waals surface area contributed by atoms with Crippen molar-refractivity contribution in [2.24, 2.45) is 5.92 Å². The number of esters is 1. The van der Waals surface area contributed by atoms with Gasteiger partial charge in [0, 0.05) is 18.4 Å². The van der Waals surface area contributed by atoms with Crippen LogP contribution in [0.2, 0.25) is 0 Å². The van der Waals surface area contributed by atoms with E-state index in [1.165, 1.54) is 24.3 Å². The van der Waals surface area contributed by atoms with E-state index < -0.39 is 23.4 Å². The van der Waals surface area contributed by atoms with Crippen molar-refractivity contribution in [2.45, 2.75) is 38.7 Å². The number of aliphatic hydroxyl groups excluding tert-OH is 1. The third-order valence-electron chi connectivity index (χ3n) is 4.01. The second-order valence-electron chi connectivity index (χ2n) is 7.31. The van der Waals surface area contributed by atoms with Gasteiger partial charge in [0.05, 0.1) is 6.42 Å². The van der Waals surface area contributed by atoms with Gasteiger partial charge >= 0.3 is 5.97 Å². The van der Waals surface area contributed by atoms with Gasteiger partial charge < -0.3 is 9.84 Å². The molecule has 0 spiro atoms. The highest BCUT2D eigenvalue weighted by molar-refractivity contribution is 5.70. The van der Waals surface area contributed by atoms with Crippen molar-refractivity contribution in [3.8, 4) is 0 Å². The summed E-state index contributed by atoms with van der Waals surface area (Å²) in [6.45, 7) is 5.06. The van der Waals surface area contributed by atoms with E-state index in [1.807, 2.05) is 0 Å². The van der Waals surface area contributed by atoms with Gasteiger partial charge in [-0.05, 0) is 56.2 Å². The molecule has 2 aromatic rings. The first-order chi connectivity index (χ1) is 12.2. The maximum absolute atomic E-state index is 13.3. The lowest BCUT2D eigenvalue weighted by Gasteiger charge is -2.28. The predicted octanol–water partition coefficient (Wildman–Crippen LogP) is 4.44. The predicted molar refractivity (Wildman–Crippen MR) is 95.7 cm³/mol. The molecule has 26 heavy (non-hydrogen) atoms. The van der Waals surface area contributed by atoms with Crippen LogP contribution in [0.3, 0.4) is 0 Å². The maximum Gasteiger partial charge on any atom is 0.306 e. The highest BCUT2D eigenvalue weighted by atomic mass is 19.1. The summed E-state index contributed by atoms with van der Waals surface area (Å²) in [5.41, 5.74) is 0.847. The molecule has 0 heterocycles. The highest BCUT2D eigenvalue weighted by Gasteiger charge is 2.29. The van der Waals surface area contributed by atoms with E-state index in [1.54, 1.807) is 45.0 Å². The van der Waals surface area contributed by atoms with Crippen LogP contribution in [0.4, 0.5) is 8.78 Å². The fraction of sp³-hybridized carbons (Fsp3) is 0.381. The molecule has 0 saturated carbocycles. The quantitative estimate of drug-likeness (QED) is 0.773. The number of rotatable bonds is 6. The molecule has 0 saturated heterocycles. The zero-order valence-electron chi connectivity index (χ0n) is 15.2. The molecule has 140 valence electrons. The standard InChI is InChI=1S/C21H24F2O3/c1-21(2,3)26-19(25)12-16(13-24)20(14-4-8-17(22)9-5-14)15-6-10-18(23)11-7-15/h4-11,16,20,24H,12-13H2,1-3H3/t16-/m1/s1. The molecule has 0 fully saturated rings. The van der Waals surface area contributed by atoms with E-state index in [9.17, 15) is 18.7 Å². The normalized spacial score (nSPS) is 12.9. The molecule has 0 unspecified atom stereocenters. The van der Waals surface area contributed by atoms with E-state index in [4.69, 9.17) is 4.74 Å². The number of hydrogen-bond donors (Lipinski definition) is 1. The van der Waals surface area contributed by atoms with Gasteiger partial charge in [-0.15, -0.1) is 0 Å². The molecule has 0 aliphatic carbocycles. The first kappa shape index (κ1) is 20.0. The summed E-state index contributed by atoms with van der Waals surface area (Å²) < 4.78 is 32.0. The number of ether oxygens (including phenoxy) is 1. The Hall–Kier alpha value is -2.27. The minimum atomic E-state index is -0.627. The van der Waals surface area contributed by atoms with Gasteiger partial charge in [0.1, 0.15) is 17.2 Å². The Kier molecular flexibility index (Phi) is 6.48. The number of benzene rings is 2. The lowest BCUT2D eigenvalue weighted by Crippen LogP contribution is -2.28. The third kappa shape index (κ3) is 5.63. The average molecular weight is 362 g/mol. The van der Waals surface area contributed by atoms with Crippen LogP contribution in [0, 0.1) is 17.6 Å². The third-order valence-corrected chi connectivity index (χ3v) is 4.01. The van der Waals surface area contributed by atoms with Crippen LogP contribution < -0.4 is 0 Å². The molecule has 0 aliphatic heterocycles. The van der Waals surface area contributed by atoms with Crippen molar-refractivity contribution in [2.75, 3.05) is 6.61 Å². The van der Waals surface area contributed by atoms with Crippen LogP contribution in [-0.2, 0) is 9.53 Å². The molecular formula is C21H24F2O3. The largest absolute Gasteiger partial charge is 0.460 e. The molecule has 2 rings (SSSR count). The van der Waals surface area contributed by atoms with Gasteiger partial charge in [0.25, 0.3) is 0 Å². The molecule has 0 radical (unpaired) electrons. The zero-order valence-corrected chi connectivity index (χ0v) is 15.2. The second-order valence-corrected chi connectivity index (χ2v) is 7.31. The van der Waals surface area contributed by atoms with E-state index in [0.29, 0.717) is 0 Å². The summed E-state index contributed by atoms with van der Waals surface area (Å²) in [6.07, 6.45) is -0.00676. The van der Waals surface area contributed by atoms with E-state index in [0.717, 1.165) is 11.1 Å². The van der Waals surface area contributed by atoms with Crippen molar-refractivity contribution in [1.29, 1.82) is 0 Å². The molecule has 0 aromatic heterocycles. The Balaban J connectivity index is 2.35. The van der Waals surface area contributed by atoms with E-state index in [-0.39, 0.29) is 24.7 Å². The van der Waals surface area contributed by atoms with Gasteiger partial charge in [0.15, 0.2) is 0 Å². The van der Waals surface area contributed by atoms with E-state index in [2.05, 4.69) is 0 Å². The van der Waals surface area contributed by atoms with E-state index >= 15 is 0 Å². The van der Waals surface area contributed by atoms with Crippen LogP contribution in [-0.4, -0.2) is 23.3 Å².